The lowest BCUT2D eigenvalue weighted by Crippen LogP contribution is -2.30. The Morgan fingerprint density at radius 1 is 1.03 bits per heavy atom. The lowest BCUT2D eigenvalue weighted by molar-refractivity contribution is -0.123. The highest BCUT2D eigenvalue weighted by Crippen LogP contribution is 2.22. The van der Waals surface area contributed by atoms with Gasteiger partial charge in [0, 0.05) is 41.4 Å². The summed E-state index contributed by atoms with van der Waals surface area (Å²) in [5, 5.41) is 3.34. The van der Waals surface area contributed by atoms with Gasteiger partial charge in [0.15, 0.2) is 6.10 Å². The smallest absolute Gasteiger partial charge is 0.339 e. The molecule has 2 aromatic carbocycles. The van der Waals surface area contributed by atoms with Crippen LogP contribution in [0.25, 0.3) is 10.9 Å². The Hall–Kier alpha value is -3.61. The summed E-state index contributed by atoms with van der Waals surface area (Å²) < 4.78 is 5.34. The van der Waals surface area contributed by atoms with Gasteiger partial charge in [0.05, 0.1) is 5.56 Å². The first kappa shape index (κ1) is 20.7. The summed E-state index contributed by atoms with van der Waals surface area (Å²) in [7, 11) is 0. The van der Waals surface area contributed by atoms with Crippen molar-refractivity contribution in [2.75, 3.05) is 23.3 Å². The van der Waals surface area contributed by atoms with Gasteiger partial charge >= 0.3 is 5.97 Å². The first-order valence-electron chi connectivity index (χ1n) is 10.5. The van der Waals surface area contributed by atoms with Crippen LogP contribution in [0.1, 0.15) is 36.5 Å². The van der Waals surface area contributed by atoms with E-state index in [-0.39, 0.29) is 5.56 Å². The van der Waals surface area contributed by atoms with Gasteiger partial charge in [0.25, 0.3) is 5.91 Å². The second kappa shape index (κ2) is 9.04. The molecule has 1 atom stereocenters. The van der Waals surface area contributed by atoms with Crippen molar-refractivity contribution in [3.05, 3.63) is 70.5 Å². The zero-order valence-electron chi connectivity index (χ0n) is 17.4. The Kier molecular flexibility index (Phi) is 6.02. The summed E-state index contributed by atoms with van der Waals surface area (Å²) in [5.74, 6) is -1.15. The number of carbonyl (C=O) groups excluding carboxylic acids is 2. The topological polar surface area (TPSA) is 91.5 Å². The number of para-hydroxylation sites is 1. The van der Waals surface area contributed by atoms with Gasteiger partial charge in [-0.3, -0.25) is 9.59 Å². The van der Waals surface area contributed by atoms with Gasteiger partial charge in [0.2, 0.25) is 5.56 Å². The van der Waals surface area contributed by atoms with E-state index in [0.717, 1.165) is 18.8 Å². The minimum atomic E-state index is -1.02. The normalized spacial score (nSPS) is 14.8. The van der Waals surface area contributed by atoms with E-state index in [4.69, 9.17) is 4.74 Å². The van der Waals surface area contributed by atoms with E-state index >= 15 is 0 Å². The lowest BCUT2D eigenvalue weighted by Gasteiger charge is -2.28. The summed E-state index contributed by atoms with van der Waals surface area (Å²) >= 11 is 0. The molecule has 1 aliphatic heterocycles. The highest BCUT2D eigenvalue weighted by molar-refractivity contribution is 6.04. The van der Waals surface area contributed by atoms with Crippen molar-refractivity contribution in [1.82, 2.24) is 4.98 Å². The molecular formula is C24H25N3O4. The van der Waals surface area contributed by atoms with Gasteiger partial charge in [-0.15, -0.1) is 0 Å². The number of pyridine rings is 1. The molecule has 4 rings (SSSR count). The summed E-state index contributed by atoms with van der Waals surface area (Å²) in [6, 6.07) is 15.8. The Balaban J connectivity index is 1.41. The quantitative estimate of drug-likeness (QED) is 0.616. The van der Waals surface area contributed by atoms with Crippen LogP contribution in [0, 0.1) is 0 Å². The van der Waals surface area contributed by atoms with Crippen molar-refractivity contribution in [2.45, 2.75) is 32.3 Å². The van der Waals surface area contributed by atoms with Crippen LogP contribution in [0.4, 0.5) is 11.4 Å². The molecule has 2 N–H and O–H groups in total. The molecule has 160 valence electrons. The third-order valence-corrected chi connectivity index (χ3v) is 5.48. The van der Waals surface area contributed by atoms with Crippen LogP contribution in [0.15, 0.2) is 59.4 Å². The lowest BCUT2D eigenvalue weighted by atomic mass is 10.1. The molecule has 0 bridgehead atoms. The van der Waals surface area contributed by atoms with E-state index in [1.165, 1.54) is 32.3 Å². The minimum Gasteiger partial charge on any atom is -0.449 e. The first-order valence-corrected chi connectivity index (χ1v) is 10.5. The molecule has 1 saturated heterocycles. The predicted octanol–water partition coefficient (Wildman–Crippen LogP) is 3.70. The van der Waals surface area contributed by atoms with Gasteiger partial charge in [0.1, 0.15) is 0 Å². The number of anilines is 2. The fraction of sp³-hybridized carbons (Fsp3) is 0.292. The fourth-order valence-corrected chi connectivity index (χ4v) is 3.80. The summed E-state index contributed by atoms with van der Waals surface area (Å²) in [5.41, 5.74) is 2.03. The number of hydrogen-bond donors (Lipinski definition) is 2. The summed E-state index contributed by atoms with van der Waals surface area (Å²) in [6.45, 7) is 3.61. The van der Waals surface area contributed by atoms with Crippen LogP contribution in [-0.2, 0) is 9.53 Å². The molecule has 0 radical (unpaired) electrons. The second-order valence-corrected chi connectivity index (χ2v) is 7.72. The standard InChI is InChI=1S/C24H25N3O4/c1-16(31-24(30)20-15-22(28)26-21-8-4-3-7-19(20)21)23(29)25-17-9-11-18(12-10-17)27-13-5-2-6-14-27/h3-4,7-12,15-16H,2,5-6,13-14H2,1H3,(H,25,29)(H,26,28)/t16-/m1/s1. The van der Waals surface area contributed by atoms with E-state index in [2.05, 4.69) is 15.2 Å². The van der Waals surface area contributed by atoms with Crippen LogP contribution >= 0.6 is 0 Å². The van der Waals surface area contributed by atoms with Gasteiger partial charge < -0.3 is 19.9 Å². The molecule has 7 heteroatoms. The van der Waals surface area contributed by atoms with Crippen molar-refractivity contribution in [3.8, 4) is 0 Å². The van der Waals surface area contributed by atoms with Crippen molar-refractivity contribution < 1.29 is 14.3 Å². The maximum Gasteiger partial charge on any atom is 0.339 e. The Labute approximate surface area is 180 Å². The number of H-pyrrole nitrogens is 1. The van der Waals surface area contributed by atoms with E-state index in [0.29, 0.717) is 16.6 Å². The van der Waals surface area contributed by atoms with Crippen molar-refractivity contribution >= 4 is 34.2 Å². The molecule has 0 spiro atoms. The monoisotopic (exact) mass is 419 g/mol. The first-order chi connectivity index (χ1) is 15.0. The molecule has 1 amide bonds. The van der Waals surface area contributed by atoms with Crippen LogP contribution < -0.4 is 15.8 Å². The van der Waals surface area contributed by atoms with Crippen molar-refractivity contribution in [3.63, 3.8) is 0 Å². The number of amides is 1. The molecule has 7 nitrogen and oxygen atoms in total. The second-order valence-electron chi connectivity index (χ2n) is 7.72. The maximum atomic E-state index is 12.6. The van der Waals surface area contributed by atoms with Crippen LogP contribution in [-0.4, -0.2) is 36.1 Å². The fourth-order valence-electron chi connectivity index (χ4n) is 3.80. The number of rotatable bonds is 5. The molecule has 1 fully saturated rings. The van der Waals surface area contributed by atoms with Crippen LogP contribution in [0.5, 0.6) is 0 Å². The maximum absolute atomic E-state index is 12.6. The average Bonchev–Trinajstić information content (AvgIpc) is 2.79. The summed E-state index contributed by atoms with van der Waals surface area (Å²) in [4.78, 5) is 42.0. The van der Waals surface area contributed by atoms with E-state index < -0.39 is 23.5 Å². The van der Waals surface area contributed by atoms with E-state index in [9.17, 15) is 14.4 Å². The molecule has 2 heterocycles. The third-order valence-electron chi connectivity index (χ3n) is 5.48. The van der Waals surface area contributed by atoms with Gasteiger partial charge in [-0.2, -0.15) is 0 Å². The highest BCUT2D eigenvalue weighted by atomic mass is 16.5. The molecule has 1 aliphatic rings. The Morgan fingerprint density at radius 2 is 1.74 bits per heavy atom. The third kappa shape index (κ3) is 4.77. The number of fused-ring (bicyclic) bond motifs is 1. The number of ether oxygens (including phenoxy) is 1. The zero-order chi connectivity index (χ0) is 21.8. The molecule has 0 saturated carbocycles. The van der Waals surface area contributed by atoms with Crippen molar-refractivity contribution in [1.29, 1.82) is 0 Å². The van der Waals surface area contributed by atoms with Gasteiger partial charge in [-0.25, -0.2) is 4.79 Å². The molecule has 31 heavy (non-hydrogen) atoms. The number of aromatic amines is 1. The van der Waals surface area contributed by atoms with Gasteiger partial charge in [-0.05, 0) is 56.5 Å². The molecule has 3 aromatic rings. The van der Waals surface area contributed by atoms with Gasteiger partial charge in [-0.1, -0.05) is 18.2 Å². The SMILES string of the molecule is C[C@@H](OC(=O)c1cc(=O)[nH]c2ccccc12)C(=O)Nc1ccc(N2CCCCC2)cc1. The minimum absolute atomic E-state index is 0.130. The number of benzene rings is 2. The predicted molar refractivity (Wildman–Crippen MR) is 121 cm³/mol. The Morgan fingerprint density at radius 3 is 2.48 bits per heavy atom. The average molecular weight is 419 g/mol. The number of aromatic nitrogens is 1. The number of carbonyl (C=O) groups is 2. The largest absolute Gasteiger partial charge is 0.449 e. The number of esters is 1. The van der Waals surface area contributed by atoms with E-state index in [1.54, 1.807) is 24.3 Å². The highest BCUT2D eigenvalue weighted by Gasteiger charge is 2.21. The molecular weight excluding hydrogens is 394 g/mol. The summed E-state index contributed by atoms with van der Waals surface area (Å²) in [6.07, 6.45) is 2.65. The number of piperidine rings is 1. The number of hydrogen-bond acceptors (Lipinski definition) is 5. The number of nitrogens with zero attached hydrogens (tertiary/aromatic N) is 1. The number of nitrogens with one attached hydrogen (secondary N) is 2. The molecule has 1 aromatic heterocycles. The zero-order valence-corrected chi connectivity index (χ0v) is 17.4. The van der Waals surface area contributed by atoms with Crippen LogP contribution in [0.2, 0.25) is 0 Å². The molecule has 0 unspecified atom stereocenters. The Bertz CT molecular complexity index is 1150. The van der Waals surface area contributed by atoms with E-state index in [1.807, 2.05) is 24.3 Å². The molecule has 0 aliphatic carbocycles. The van der Waals surface area contributed by atoms with Crippen LogP contribution in [0.3, 0.4) is 0 Å². The van der Waals surface area contributed by atoms with Crippen molar-refractivity contribution in [2.24, 2.45) is 0 Å².